The summed E-state index contributed by atoms with van der Waals surface area (Å²) in [5.41, 5.74) is 18.9. The molecule has 4 aliphatic carbocycles. The number of nitrogens with zero attached hydrogens (tertiary/aromatic N) is 13. The molecule has 0 bridgehead atoms. The maximum absolute atomic E-state index is 12.7. The smallest absolute Gasteiger partial charge is 0.408 e. The van der Waals surface area contributed by atoms with Gasteiger partial charge >= 0.3 is 42.1 Å². The molecule has 694 valence electrons. The first-order chi connectivity index (χ1) is 62.5. The van der Waals surface area contributed by atoms with Gasteiger partial charge in [-0.15, -0.1) is 4.98 Å². The van der Waals surface area contributed by atoms with Crippen molar-refractivity contribution in [3.63, 3.8) is 0 Å². The average molecular weight is 2040 g/mol. The summed E-state index contributed by atoms with van der Waals surface area (Å²) in [6.45, 7) is 35.2. The van der Waals surface area contributed by atoms with Gasteiger partial charge in [0, 0.05) is 89.9 Å². The van der Waals surface area contributed by atoms with Crippen molar-refractivity contribution in [2.75, 3.05) is 79.1 Å². The van der Waals surface area contributed by atoms with E-state index in [1.54, 1.807) is 18.6 Å². The van der Waals surface area contributed by atoms with Crippen LogP contribution in [0.15, 0.2) is 140 Å². The summed E-state index contributed by atoms with van der Waals surface area (Å²) in [6, 6.07) is 32.5. The van der Waals surface area contributed by atoms with Crippen LogP contribution in [0.1, 0.15) is 236 Å². The summed E-state index contributed by atoms with van der Waals surface area (Å²) in [4.78, 5) is 133. The molecule has 4 saturated heterocycles. The van der Waals surface area contributed by atoms with Gasteiger partial charge in [0.2, 0.25) is 6.03 Å². The summed E-state index contributed by atoms with van der Waals surface area (Å²) < 4.78 is 39.0. The van der Waals surface area contributed by atoms with E-state index in [4.69, 9.17) is 44.3 Å². The predicted octanol–water partition coefficient (Wildman–Crippen LogP) is 17.1. The van der Waals surface area contributed by atoms with E-state index < -0.39 is 58.5 Å². The number of carboxylic acids is 1. The first-order valence-corrected chi connectivity index (χ1v) is 46.0. The van der Waals surface area contributed by atoms with Crippen LogP contribution in [0, 0.1) is 28.2 Å². The van der Waals surface area contributed by atoms with Crippen LogP contribution >= 0.6 is 63.7 Å². The van der Waals surface area contributed by atoms with Crippen LogP contribution in [0.2, 0.25) is 1.41 Å². The number of nitrogens with one attached hydrogen (secondary N) is 4. The van der Waals surface area contributed by atoms with E-state index in [0.29, 0.717) is 86.8 Å². The van der Waals surface area contributed by atoms with Gasteiger partial charge < -0.3 is 91.9 Å². The number of nitrogens with two attached hydrogens (primary N) is 1. The minimum atomic E-state index is -1.10. The van der Waals surface area contributed by atoms with Crippen molar-refractivity contribution < 1.29 is 70.7 Å². The predicted molar refractivity (Wildman–Crippen MR) is 505 cm³/mol. The Hall–Kier alpha value is -10.8. The number of carbonyl (C=O) groups excluding carboxylic acids is 6. The molecule has 0 radical (unpaired) electrons. The van der Waals surface area contributed by atoms with Crippen LogP contribution in [0.5, 0.6) is 0 Å². The Morgan fingerprint density at radius 3 is 0.931 bits per heavy atom. The largest absolute Gasteiger partial charge is 0.476 e. The summed E-state index contributed by atoms with van der Waals surface area (Å²) in [6.07, 6.45) is 18.6. The Morgan fingerprint density at radius 2 is 0.669 bits per heavy atom. The number of halogens is 4. The maximum atomic E-state index is 12.7. The highest BCUT2D eigenvalue weighted by Gasteiger charge is 2.54. The zero-order valence-electron chi connectivity index (χ0n) is 77.3. The number of anilines is 4. The standard InChI is InChI=1S/C24H29BrN4O4.C23H28BrN5O3.C23H26BrN5O2.C23H27BrN4O4.H3N.H2O/c1-23(2,3)33-22(31)28-19-16-8-6-5-7-15(16)13-24(19)9-11-29(12-10-24)20-18(21(30)32-4)27-17(25)14-26-20;1-22(2,3)32-21(31)28-18-15-7-5-4-6-14(15)12-23(18)8-10-29(11-9-23)20-17(19(25)30)27-16(24)13-26-20;1-22(2,3)31-21(30)28-18-16-8-6-5-7-15(16)13-23(18)9-11-29(12-10-23)20-19(25-4)27-17(24)14-26-20;1-22(2,3)32-21(31)27-18-15-7-5-4-6-14(15)12-23(18)8-10-28(11-9-23)19-17(20(29)30)26-16(24)13-25-19;;/h5-8,14,19H,9-13H2,1-4H3,(H,28,31);4-7,13,18H,8-12H2,1-3H3,(H2,25,30)(H,28,31);5-8,14,18H,9-13H2,1-3H3,(H,28,30);4-7,13,18H,8-12H2,1-3H3,(H,27,31)(H,29,30);1H3;1H2/t19-;3*18-;;/m1111../s1/i/hD2. The van der Waals surface area contributed by atoms with E-state index >= 15 is 0 Å². The number of primary amides is 1. The van der Waals surface area contributed by atoms with Crippen molar-refractivity contribution in [2.24, 2.45) is 27.4 Å². The lowest BCUT2D eigenvalue weighted by molar-refractivity contribution is 0.0418. The quantitative estimate of drug-likeness (QED) is 0.0359. The van der Waals surface area contributed by atoms with Crippen molar-refractivity contribution >= 4 is 135 Å². The molecule has 8 aliphatic rings. The third kappa shape index (κ3) is 23.2. The van der Waals surface area contributed by atoms with Gasteiger partial charge in [-0.2, -0.15) is 0 Å². The number of aromatic nitrogens is 8. The maximum Gasteiger partial charge on any atom is 0.408 e. The van der Waals surface area contributed by atoms with Crippen LogP contribution in [0.25, 0.3) is 4.85 Å². The Morgan fingerprint density at radius 1 is 0.431 bits per heavy atom. The Bertz CT molecular complexity index is 5380. The Balaban J connectivity index is 0.000000168. The number of hydrogen-bond acceptors (Lipinski definition) is 25. The highest BCUT2D eigenvalue weighted by Crippen LogP contribution is 2.57. The average Bonchev–Trinajstić information content (AvgIpc) is 1.60. The number of methoxy groups -OCH3 is 1. The third-order valence-electron chi connectivity index (χ3n) is 24.8. The fourth-order valence-corrected chi connectivity index (χ4v) is 20.4. The minimum absolute atomic E-state index is 0.0616. The van der Waals surface area contributed by atoms with Gasteiger partial charge in [-0.1, -0.05) is 104 Å². The van der Waals surface area contributed by atoms with Gasteiger partial charge in [0.25, 0.3) is 5.91 Å². The molecule has 4 fully saturated rings. The highest BCUT2D eigenvalue weighted by atomic mass is 79.9. The second-order valence-electron chi connectivity index (χ2n) is 37.9. The van der Waals surface area contributed by atoms with Gasteiger partial charge in [-0.05, 0) is 252 Å². The van der Waals surface area contributed by atoms with Crippen molar-refractivity contribution in [3.05, 3.63) is 213 Å². The normalized spacial score (nSPS) is 19.2. The van der Waals surface area contributed by atoms with Crippen molar-refractivity contribution in [2.45, 2.75) is 207 Å². The van der Waals surface area contributed by atoms with Crippen LogP contribution in [0.3, 0.4) is 0 Å². The molecule has 4 atom stereocenters. The summed E-state index contributed by atoms with van der Waals surface area (Å²) in [5.74, 6) is 0.108. The lowest BCUT2D eigenvalue weighted by Gasteiger charge is -2.44. The van der Waals surface area contributed by atoms with Crippen molar-refractivity contribution in [3.8, 4) is 0 Å². The van der Waals surface area contributed by atoms with Crippen LogP contribution in [-0.2, 0) is 49.4 Å². The molecular weight excluding hydrogens is 1930 g/mol. The van der Waals surface area contributed by atoms with Crippen molar-refractivity contribution in [1.82, 2.24) is 67.3 Å². The van der Waals surface area contributed by atoms with Crippen LogP contribution in [0.4, 0.5) is 48.3 Å². The van der Waals surface area contributed by atoms with E-state index in [-0.39, 0.29) is 69.0 Å². The summed E-state index contributed by atoms with van der Waals surface area (Å²) in [5, 5.41) is 22.2. The Kier molecular flexibility index (Phi) is 30.2. The molecule has 33 nitrogen and oxygen atoms in total. The monoisotopic (exact) mass is 2040 g/mol. The fraction of sp³-hybridized carbons (Fsp3) is 0.484. The van der Waals surface area contributed by atoms with E-state index in [0.717, 1.165) is 107 Å². The molecule has 16 rings (SSSR count). The van der Waals surface area contributed by atoms with E-state index in [1.165, 1.54) is 41.1 Å². The Labute approximate surface area is 794 Å². The first-order valence-electron chi connectivity index (χ1n) is 43.9. The number of ether oxygens (including phenoxy) is 5. The fourth-order valence-electron chi connectivity index (χ4n) is 19.3. The van der Waals surface area contributed by atoms with Crippen molar-refractivity contribution in [1.29, 1.82) is 0 Å². The molecule has 12 N–H and O–H groups in total. The summed E-state index contributed by atoms with van der Waals surface area (Å²) in [7, 11) is 1.34. The summed E-state index contributed by atoms with van der Waals surface area (Å²) >= 11 is 13.0. The van der Waals surface area contributed by atoms with Crippen LogP contribution in [-0.4, -0.2) is 175 Å². The number of carboxylic acid groups (broad SMARTS) is 1. The number of aromatic carboxylic acids is 1. The molecule has 4 spiro atoms. The van der Waals surface area contributed by atoms with Gasteiger partial charge in [0.15, 0.2) is 40.4 Å². The third-order valence-corrected chi connectivity index (χ3v) is 26.3. The molecule has 4 aromatic heterocycles. The zero-order valence-corrected chi connectivity index (χ0v) is 81.6. The number of hydrogen-bond donors (Lipinski definition) is 7. The van der Waals surface area contributed by atoms with Gasteiger partial charge in [-0.25, -0.2) is 63.7 Å². The minimum Gasteiger partial charge on any atom is -0.476 e. The molecular formula is C93H115Br4N19O14. The number of amides is 5. The highest BCUT2D eigenvalue weighted by molar-refractivity contribution is 9.11. The lowest BCUT2D eigenvalue weighted by Crippen LogP contribution is -2.48. The number of esters is 1. The lowest BCUT2D eigenvalue weighted by atomic mass is 9.72. The number of fused-ring (bicyclic) bond motifs is 4. The number of alkyl carbamates (subject to hydrolysis) is 4. The van der Waals surface area contributed by atoms with E-state index in [9.17, 15) is 38.7 Å². The molecule has 5 amide bonds. The van der Waals surface area contributed by atoms with Gasteiger partial charge in [0.05, 0.1) is 56.1 Å². The first kappa shape index (κ1) is 96.8. The number of carbonyl (C=O) groups is 7. The molecule has 130 heavy (non-hydrogen) atoms. The molecule has 0 unspecified atom stereocenters. The molecule has 37 heteroatoms. The number of rotatable bonds is 11. The molecule has 0 saturated carbocycles. The zero-order chi connectivity index (χ0) is 96.2. The molecule has 4 aliphatic heterocycles. The van der Waals surface area contributed by atoms with Gasteiger partial charge in [-0.3, -0.25) is 4.79 Å². The molecule has 4 aromatic carbocycles. The van der Waals surface area contributed by atoms with Crippen LogP contribution < -0.4 is 52.7 Å². The number of piperidine rings is 4. The number of benzene rings is 4. The second kappa shape index (κ2) is 40.5. The molecule has 8 heterocycles. The van der Waals surface area contributed by atoms with E-state index in [2.05, 4.69) is 205 Å². The second-order valence-corrected chi connectivity index (χ2v) is 41.2. The topological polar surface area (TPSA) is 447 Å². The van der Waals surface area contributed by atoms with E-state index in [1.807, 2.05) is 130 Å². The molecule has 8 aromatic rings. The van der Waals surface area contributed by atoms with Gasteiger partial charge in [0.1, 0.15) is 37.6 Å². The SMILES string of the molecule is CC(C)(C)OC(=O)N[C@@H]1c2ccccc2CC12CCN(c1ncc(Br)nc1C(=O)O)CC2.CC(C)(C)OC(=O)N[C@@H]1c2ccccc2CC12CCN(c1ncc(Br)nc1C(N)=O)CC2.COC(=O)c1nc(Br)cnc1N1CCC2(CC1)Cc1ccccc1[C@H]2NC(=O)OC(C)(C)C.[2H]N.[2H]O.[C-]#[N+]c1nc(Br)cnc1N1CCC2(CC1)Cc1ccccc1[C@H]2NC(=O)OC(C)(C)C.